The van der Waals surface area contributed by atoms with Crippen molar-refractivity contribution in [3.05, 3.63) is 65.7 Å². The summed E-state index contributed by atoms with van der Waals surface area (Å²) in [7, 11) is 0. The Morgan fingerprint density at radius 2 is 1.79 bits per heavy atom. The van der Waals surface area contributed by atoms with Crippen LogP contribution in [0.4, 0.5) is 0 Å². The van der Waals surface area contributed by atoms with E-state index in [0.717, 1.165) is 24.3 Å². The van der Waals surface area contributed by atoms with Gasteiger partial charge in [0.05, 0.1) is 12.8 Å². The topological polar surface area (TPSA) is 50.7 Å². The number of carbonyl (C=O) groups excluding carboxylic acids is 1. The fourth-order valence-corrected chi connectivity index (χ4v) is 2.19. The molecule has 24 heavy (non-hydrogen) atoms. The van der Waals surface area contributed by atoms with Crippen LogP contribution in [0, 0.1) is 0 Å². The van der Waals surface area contributed by atoms with Crippen LogP contribution in [-0.4, -0.2) is 18.7 Å². The van der Waals surface area contributed by atoms with E-state index in [1.54, 1.807) is 18.3 Å². The van der Waals surface area contributed by atoms with E-state index in [1.165, 1.54) is 19.3 Å². The number of nitrogens with one attached hydrogen (secondary N) is 1. The second kappa shape index (κ2) is 10.2. The van der Waals surface area contributed by atoms with Crippen molar-refractivity contribution in [1.82, 2.24) is 5.43 Å². The van der Waals surface area contributed by atoms with Crippen LogP contribution < -0.4 is 10.2 Å². The first-order valence-electron chi connectivity index (χ1n) is 8.41. The van der Waals surface area contributed by atoms with E-state index in [9.17, 15) is 4.79 Å². The van der Waals surface area contributed by atoms with Crippen molar-refractivity contribution in [2.45, 2.75) is 32.6 Å². The number of benzene rings is 2. The van der Waals surface area contributed by atoms with Crippen molar-refractivity contribution in [2.75, 3.05) is 6.61 Å². The van der Waals surface area contributed by atoms with Crippen LogP contribution in [0.1, 0.15) is 48.5 Å². The van der Waals surface area contributed by atoms with Crippen LogP contribution in [-0.2, 0) is 0 Å². The predicted molar refractivity (Wildman–Crippen MR) is 97.6 cm³/mol. The summed E-state index contributed by atoms with van der Waals surface area (Å²) in [5.74, 6) is 0.635. The van der Waals surface area contributed by atoms with E-state index in [4.69, 9.17) is 4.74 Å². The van der Waals surface area contributed by atoms with Gasteiger partial charge in [-0.2, -0.15) is 5.10 Å². The number of carbonyl (C=O) groups is 1. The Kier molecular flexibility index (Phi) is 7.54. The van der Waals surface area contributed by atoms with Crippen molar-refractivity contribution < 1.29 is 9.53 Å². The molecule has 1 N–H and O–H groups in total. The highest BCUT2D eigenvalue weighted by Gasteiger charge is 2.01. The molecule has 1 amide bonds. The molecule has 0 unspecified atom stereocenters. The Labute approximate surface area is 143 Å². The lowest BCUT2D eigenvalue weighted by molar-refractivity contribution is 0.0955. The zero-order chi connectivity index (χ0) is 17.0. The maximum Gasteiger partial charge on any atom is 0.271 e. The quantitative estimate of drug-likeness (QED) is 0.422. The fraction of sp³-hybridized carbons (Fsp3) is 0.300. The summed E-state index contributed by atoms with van der Waals surface area (Å²) in [6.07, 6.45) is 6.40. The summed E-state index contributed by atoms with van der Waals surface area (Å²) < 4.78 is 5.69. The number of unbranched alkanes of at least 4 members (excludes halogenated alkanes) is 3. The van der Waals surface area contributed by atoms with Gasteiger partial charge in [0, 0.05) is 5.56 Å². The number of ether oxygens (including phenoxy) is 1. The monoisotopic (exact) mass is 324 g/mol. The van der Waals surface area contributed by atoms with Crippen LogP contribution in [0.25, 0.3) is 0 Å². The van der Waals surface area contributed by atoms with E-state index >= 15 is 0 Å². The van der Waals surface area contributed by atoms with E-state index in [0.29, 0.717) is 5.56 Å². The third kappa shape index (κ3) is 6.24. The lowest BCUT2D eigenvalue weighted by Gasteiger charge is -2.06. The summed E-state index contributed by atoms with van der Waals surface area (Å²) in [6.45, 7) is 2.95. The van der Waals surface area contributed by atoms with Gasteiger partial charge in [-0.25, -0.2) is 5.43 Å². The van der Waals surface area contributed by atoms with Crippen LogP contribution >= 0.6 is 0 Å². The molecule has 0 fully saturated rings. The van der Waals surface area contributed by atoms with Crippen molar-refractivity contribution in [3.63, 3.8) is 0 Å². The first kappa shape index (κ1) is 17.7. The molecule has 0 saturated heterocycles. The molecule has 0 aliphatic heterocycles. The van der Waals surface area contributed by atoms with Crippen molar-refractivity contribution >= 4 is 12.1 Å². The number of hydrogen-bond donors (Lipinski definition) is 1. The molecule has 0 spiro atoms. The largest absolute Gasteiger partial charge is 0.494 e. The first-order valence-corrected chi connectivity index (χ1v) is 8.41. The second-order valence-electron chi connectivity index (χ2n) is 5.54. The van der Waals surface area contributed by atoms with E-state index in [2.05, 4.69) is 17.5 Å². The van der Waals surface area contributed by atoms with Gasteiger partial charge in [-0.15, -0.1) is 0 Å². The predicted octanol–water partition coefficient (Wildman–Crippen LogP) is 4.41. The molecular formula is C20H24N2O2. The van der Waals surface area contributed by atoms with Crippen LogP contribution in [0.3, 0.4) is 0 Å². The van der Waals surface area contributed by atoms with Gasteiger partial charge in [-0.3, -0.25) is 4.79 Å². The second-order valence-corrected chi connectivity index (χ2v) is 5.54. The average Bonchev–Trinajstić information content (AvgIpc) is 2.63. The SMILES string of the molecule is CCCCCCOc1ccc(/C=N/NC(=O)c2ccccc2)cc1. The lowest BCUT2D eigenvalue weighted by atomic mass is 10.2. The highest BCUT2D eigenvalue weighted by Crippen LogP contribution is 2.12. The lowest BCUT2D eigenvalue weighted by Crippen LogP contribution is -2.17. The minimum Gasteiger partial charge on any atom is -0.494 e. The Bertz CT molecular complexity index is 636. The zero-order valence-electron chi connectivity index (χ0n) is 14.1. The molecule has 0 atom stereocenters. The van der Waals surface area contributed by atoms with E-state index in [-0.39, 0.29) is 5.91 Å². The van der Waals surface area contributed by atoms with Gasteiger partial charge in [0.2, 0.25) is 0 Å². The molecule has 2 aromatic rings. The first-order chi connectivity index (χ1) is 11.8. The van der Waals surface area contributed by atoms with Gasteiger partial charge in [0.1, 0.15) is 5.75 Å². The Balaban J connectivity index is 1.76. The van der Waals surface area contributed by atoms with Crippen LogP contribution in [0.15, 0.2) is 59.7 Å². The third-order valence-corrected chi connectivity index (χ3v) is 3.56. The van der Waals surface area contributed by atoms with Gasteiger partial charge in [0.25, 0.3) is 5.91 Å². The average molecular weight is 324 g/mol. The Morgan fingerprint density at radius 1 is 1.04 bits per heavy atom. The summed E-state index contributed by atoms with van der Waals surface area (Å²) >= 11 is 0. The molecule has 0 radical (unpaired) electrons. The molecule has 2 aromatic carbocycles. The normalized spacial score (nSPS) is 10.7. The van der Waals surface area contributed by atoms with Crippen molar-refractivity contribution in [2.24, 2.45) is 5.10 Å². The van der Waals surface area contributed by atoms with E-state index in [1.807, 2.05) is 42.5 Å². The number of hydrazone groups is 1. The number of rotatable bonds is 9. The molecule has 0 aliphatic rings. The number of hydrogen-bond acceptors (Lipinski definition) is 3. The van der Waals surface area contributed by atoms with Crippen LogP contribution in [0.2, 0.25) is 0 Å². The summed E-state index contributed by atoms with van der Waals surface area (Å²) in [5, 5.41) is 3.98. The number of amides is 1. The molecule has 0 bridgehead atoms. The zero-order valence-corrected chi connectivity index (χ0v) is 14.1. The molecule has 4 heteroatoms. The Morgan fingerprint density at radius 3 is 2.50 bits per heavy atom. The molecule has 4 nitrogen and oxygen atoms in total. The summed E-state index contributed by atoms with van der Waals surface area (Å²) in [4.78, 5) is 11.8. The van der Waals surface area contributed by atoms with Gasteiger partial charge >= 0.3 is 0 Å². The van der Waals surface area contributed by atoms with Crippen LogP contribution in [0.5, 0.6) is 5.75 Å². The van der Waals surface area contributed by atoms with Gasteiger partial charge in [-0.05, 0) is 48.4 Å². The van der Waals surface area contributed by atoms with Gasteiger partial charge < -0.3 is 4.74 Å². The number of nitrogens with zero attached hydrogens (tertiary/aromatic N) is 1. The smallest absolute Gasteiger partial charge is 0.271 e. The maximum absolute atomic E-state index is 11.8. The molecule has 0 heterocycles. The standard InChI is InChI=1S/C20H24N2O2/c1-2-3-4-8-15-24-19-13-11-17(12-14-19)16-21-22-20(23)18-9-6-5-7-10-18/h5-7,9-14,16H,2-4,8,15H2,1H3,(H,22,23)/b21-16+. The highest BCUT2D eigenvalue weighted by molar-refractivity contribution is 5.94. The third-order valence-electron chi connectivity index (χ3n) is 3.56. The van der Waals surface area contributed by atoms with Gasteiger partial charge in [-0.1, -0.05) is 44.4 Å². The van der Waals surface area contributed by atoms with E-state index < -0.39 is 0 Å². The van der Waals surface area contributed by atoms with Gasteiger partial charge in [0.15, 0.2) is 0 Å². The summed E-state index contributed by atoms with van der Waals surface area (Å²) in [5.41, 5.74) is 4.00. The molecular weight excluding hydrogens is 300 g/mol. The molecule has 0 saturated carbocycles. The summed E-state index contributed by atoms with van der Waals surface area (Å²) in [6, 6.07) is 16.7. The van der Waals surface area contributed by atoms with Crippen molar-refractivity contribution in [3.8, 4) is 5.75 Å². The Hall–Kier alpha value is -2.62. The fourth-order valence-electron chi connectivity index (χ4n) is 2.19. The molecule has 0 aliphatic carbocycles. The minimum absolute atomic E-state index is 0.223. The maximum atomic E-state index is 11.8. The molecule has 2 rings (SSSR count). The minimum atomic E-state index is -0.223. The molecule has 126 valence electrons. The highest BCUT2D eigenvalue weighted by atomic mass is 16.5. The van der Waals surface area contributed by atoms with Crippen molar-refractivity contribution in [1.29, 1.82) is 0 Å². The molecule has 0 aromatic heterocycles.